The van der Waals surface area contributed by atoms with Crippen molar-refractivity contribution in [1.29, 1.82) is 0 Å². The summed E-state index contributed by atoms with van der Waals surface area (Å²) in [6.07, 6.45) is -3.71. The molecule has 0 saturated carbocycles. The van der Waals surface area contributed by atoms with Crippen molar-refractivity contribution in [3.63, 3.8) is 0 Å². The van der Waals surface area contributed by atoms with E-state index < -0.39 is 6.36 Å². The van der Waals surface area contributed by atoms with Gasteiger partial charge in [-0.15, -0.1) is 24.5 Å². The Bertz CT molecular complexity index is 599. The van der Waals surface area contributed by atoms with Crippen molar-refractivity contribution in [2.75, 3.05) is 6.54 Å². The molecular weight excluding hydrogens is 301 g/mol. The SMILES string of the molecule is FC(F)(F)Oc1ccc(-c2cc3c(s2)CCNNC3)cc1. The fourth-order valence-corrected chi connectivity index (χ4v) is 3.40. The van der Waals surface area contributed by atoms with Crippen molar-refractivity contribution in [2.24, 2.45) is 0 Å². The van der Waals surface area contributed by atoms with E-state index in [-0.39, 0.29) is 5.75 Å². The van der Waals surface area contributed by atoms with Gasteiger partial charge in [0.1, 0.15) is 5.75 Å². The van der Waals surface area contributed by atoms with Gasteiger partial charge in [0.15, 0.2) is 0 Å². The second-order valence-electron chi connectivity index (χ2n) is 4.66. The zero-order valence-electron chi connectivity index (χ0n) is 11.0. The standard InChI is InChI=1S/C14H13F3N2OS/c15-14(16,17)20-11-3-1-9(2-4-11)13-7-10-8-19-18-6-5-12(10)21-13/h1-4,7,18-19H,5-6,8H2. The van der Waals surface area contributed by atoms with Crippen molar-refractivity contribution in [2.45, 2.75) is 19.3 Å². The highest BCUT2D eigenvalue weighted by atomic mass is 32.1. The molecule has 0 atom stereocenters. The minimum absolute atomic E-state index is 0.199. The Morgan fingerprint density at radius 3 is 2.57 bits per heavy atom. The van der Waals surface area contributed by atoms with E-state index in [4.69, 9.17) is 0 Å². The third-order valence-electron chi connectivity index (χ3n) is 3.15. The van der Waals surface area contributed by atoms with Gasteiger partial charge in [-0.05, 0) is 47.9 Å². The van der Waals surface area contributed by atoms with Crippen LogP contribution in [0.15, 0.2) is 30.3 Å². The van der Waals surface area contributed by atoms with Crippen LogP contribution in [0.1, 0.15) is 10.4 Å². The number of thiophene rings is 1. The molecular formula is C14H13F3N2OS. The molecule has 0 spiro atoms. The summed E-state index contributed by atoms with van der Waals surface area (Å²) in [6.45, 7) is 1.62. The Hall–Kier alpha value is -1.57. The molecule has 0 bridgehead atoms. The zero-order valence-corrected chi connectivity index (χ0v) is 11.8. The van der Waals surface area contributed by atoms with Crippen LogP contribution in [0.2, 0.25) is 0 Å². The van der Waals surface area contributed by atoms with E-state index in [0.29, 0.717) is 0 Å². The van der Waals surface area contributed by atoms with E-state index in [1.165, 1.54) is 22.6 Å². The molecule has 2 N–H and O–H groups in total. The van der Waals surface area contributed by atoms with Crippen molar-refractivity contribution < 1.29 is 17.9 Å². The number of fused-ring (bicyclic) bond motifs is 1. The molecule has 0 saturated heterocycles. The lowest BCUT2D eigenvalue weighted by molar-refractivity contribution is -0.274. The highest BCUT2D eigenvalue weighted by Gasteiger charge is 2.31. The van der Waals surface area contributed by atoms with Gasteiger partial charge >= 0.3 is 6.36 Å². The van der Waals surface area contributed by atoms with E-state index in [0.717, 1.165) is 30.0 Å². The second kappa shape index (κ2) is 5.67. The second-order valence-corrected chi connectivity index (χ2v) is 5.80. The van der Waals surface area contributed by atoms with Gasteiger partial charge in [-0.25, -0.2) is 0 Å². The van der Waals surface area contributed by atoms with Crippen LogP contribution in [-0.2, 0) is 13.0 Å². The van der Waals surface area contributed by atoms with Gasteiger partial charge in [-0.3, -0.25) is 10.9 Å². The normalized spacial score (nSPS) is 15.4. The monoisotopic (exact) mass is 314 g/mol. The van der Waals surface area contributed by atoms with Crippen LogP contribution in [0.4, 0.5) is 13.2 Å². The average molecular weight is 314 g/mol. The maximum atomic E-state index is 12.1. The number of hydrogen-bond acceptors (Lipinski definition) is 4. The summed E-state index contributed by atoms with van der Waals surface area (Å²) < 4.78 is 40.3. The fraction of sp³-hybridized carbons (Fsp3) is 0.286. The van der Waals surface area contributed by atoms with Crippen molar-refractivity contribution in [3.8, 4) is 16.2 Å². The van der Waals surface area contributed by atoms with Crippen LogP contribution in [0.3, 0.4) is 0 Å². The van der Waals surface area contributed by atoms with E-state index in [1.54, 1.807) is 23.5 Å². The molecule has 1 aliphatic heterocycles. The van der Waals surface area contributed by atoms with Crippen LogP contribution in [0.25, 0.3) is 10.4 Å². The molecule has 112 valence electrons. The molecule has 3 rings (SSSR count). The van der Waals surface area contributed by atoms with Crippen LogP contribution in [-0.4, -0.2) is 12.9 Å². The molecule has 1 aromatic heterocycles. The van der Waals surface area contributed by atoms with Crippen LogP contribution in [0, 0.1) is 0 Å². The fourth-order valence-electron chi connectivity index (χ4n) is 2.21. The van der Waals surface area contributed by atoms with E-state index in [9.17, 15) is 13.2 Å². The Labute approximate surface area is 123 Å². The number of ether oxygens (including phenoxy) is 1. The minimum atomic E-state index is -4.65. The molecule has 7 heteroatoms. The molecule has 1 aliphatic rings. The molecule has 21 heavy (non-hydrogen) atoms. The van der Waals surface area contributed by atoms with Gasteiger partial charge in [-0.1, -0.05) is 0 Å². The predicted octanol–water partition coefficient (Wildman–Crippen LogP) is 3.46. The number of rotatable bonds is 2. The summed E-state index contributed by atoms with van der Waals surface area (Å²) in [5.41, 5.74) is 8.35. The number of halogens is 3. The average Bonchev–Trinajstić information content (AvgIpc) is 2.69. The lowest BCUT2D eigenvalue weighted by Crippen LogP contribution is -2.30. The largest absolute Gasteiger partial charge is 0.573 e. The zero-order chi connectivity index (χ0) is 14.9. The first kappa shape index (κ1) is 14.4. The number of alkyl halides is 3. The quantitative estimate of drug-likeness (QED) is 0.890. The molecule has 0 radical (unpaired) electrons. The highest BCUT2D eigenvalue weighted by Crippen LogP contribution is 2.34. The van der Waals surface area contributed by atoms with E-state index >= 15 is 0 Å². The number of hydrazine groups is 1. The lowest BCUT2D eigenvalue weighted by atomic mass is 10.1. The Morgan fingerprint density at radius 2 is 1.86 bits per heavy atom. The van der Waals surface area contributed by atoms with Crippen LogP contribution in [0.5, 0.6) is 5.75 Å². The van der Waals surface area contributed by atoms with Crippen LogP contribution < -0.4 is 15.6 Å². The highest BCUT2D eigenvalue weighted by molar-refractivity contribution is 7.15. The first-order valence-corrected chi connectivity index (χ1v) is 7.26. The van der Waals surface area contributed by atoms with Gasteiger partial charge in [0.25, 0.3) is 0 Å². The first-order valence-electron chi connectivity index (χ1n) is 6.45. The van der Waals surface area contributed by atoms with Gasteiger partial charge in [0, 0.05) is 22.8 Å². The molecule has 0 aliphatic carbocycles. The molecule has 3 nitrogen and oxygen atoms in total. The molecule has 0 amide bonds. The van der Waals surface area contributed by atoms with Crippen molar-refractivity contribution in [1.82, 2.24) is 10.9 Å². The third-order valence-corrected chi connectivity index (χ3v) is 4.44. The van der Waals surface area contributed by atoms with E-state index in [2.05, 4.69) is 21.7 Å². The summed E-state index contributed by atoms with van der Waals surface area (Å²) in [7, 11) is 0. The molecule has 1 aromatic carbocycles. The summed E-state index contributed by atoms with van der Waals surface area (Å²) in [4.78, 5) is 2.36. The molecule has 2 aromatic rings. The Balaban J connectivity index is 1.81. The smallest absolute Gasteiger partial charge is 0.406 e. The Morgan fingerprint density at radius 1 is 1.10 bits per heavy atom. The van der Waals surface area contributed by atoms with E-state index in [1.807, 2.05) is 0 Å². The summed E-state index contributed by atoms with van der Waals surface area (Å²) in [5, 5.41) is 0. The van der Waals surface area contributed by atoms with Gasteiger partial charge < -0.3 is 4.74 Å². The molecule has 2 heterocycles. The number of benzene rings is 1. The maximum absolute atomic E-state index is 12.1. The number of hydrogen-bond donors (Lipinski definition) is 2. The first-order chi connectivity index (χ1) is 10.0. The predicted molar refractivity (Wildman–Crippen MR) is 75.0 cm³/mol. The molecule has 0 fully saturated rings. The minimum Gasteiger partial charge on any atom is -0.406 e. The lowest BCUT2D eigenvalue weighted by Gasteiger charge is -2.08. The van der Waals surface area contributed by atoms with Gasteiger partial charge in [0.05, 0.1) is 0 Å². The third kappa shape index (κ3) is 3.55. The summed E-state index contributed by atoms with van der Waals surface area (Å²) in [6, 6.07) is 8.07. The summed E-state index contributed by atoms with van der Waals surface area (Å²) >= 11 is 1.68. The van der Waals surface area contributed by atoms with Crippen molar-refractivity contribution in [3.05, 3.63) is 40.8 Å². The molecule has 0 unspecified atom stereocenters. The van der Waals surface area contributed by atoms with Gasteiger partial charge in [0.2, 0.25) is 0 Å². The van der Waals surface area contributed by atoms with Crippen LogP contribution >= 0.6 is 11.3 Å². The van der Waals surface area contributed by atoms with Gasteiger partial charge in [-0.2, -0.15) is 0 Å². The summed E-state index contributed by atoms with van der Waals surface area (Å²) in [5.74, 6) is -0.199. The van der Waals surface area contributed by atoms with Crippen molar-refractivity contribution >= 4 is 11.3 Å². The Kier molecular flexibility index (Phi) is 3.88. The maximum Gasteiger partial charge on any atom is 0.573 e. The number of nitrogens with one attached hydrogen (secondary N) is 2. The topological polar surface area (TPSA) is 33.3 Å².